The number of quaternary nitrogens is 1. The maximum Gasteiger partial charge on any atom is 0.166 e. The van der Waals surface area contributed by atoms with E-state index in [1.54, 1.807) is 4.90 Å². The Morgan fingerprint density at radius 3 is 2.12 bits per heavy atom. The highest BCUT2D eigenvalue weighted by Crippen LogP contribution is 2.08. The number of thiocarbonyl (C=S) groups is 1. The molecule has 2 aromatic carbocycles. The second-order valence-electron chi connectivity index (χ2n) is 6.20. The van der Waals surface area contributed by atoms with Crippen molar-refractivity contribution in [3.63, 3.8) is 0 Å². The highest BCUT2D eigenvalue weighted by molar-refractivity contribution is 7.80. The molecule has 25 heavy (non-hydrogen) atoms. The Balaban J connectivity index is 1.83. The zero-order valence-electron chi connectivity index (χ0n) is 15.3. The molecule has 0 fully saturated rings. The van der Waals surface area contributed by atoms with Crippen LogP contribution in [0.25, 0.3) is 0 Å². The molecular weight excluding hydrogens is 326 g/mol. The first-order valence-electron chi connectivity index (χ1n) is 9.19. The van der Waals surface area contributed by atoms with Gasteiger partial charge in [-0.2, -0.15) is 0 Å². The van der Waals surface area contributed by atoms with E-state index in [4.69, 9.17) is 12.2 Å². The first-order valence-corrected chi connectivity index (χ1v) is 9.60. The Hall–Kier alpha value is -1.91. The molecule has 0 spiro atoms. The summed E-state index contributed by atoms with van der Waals surface area (Å²) in [6.07, 6.45) is 0.978. The van der Waals surface area contributed by atoms with Crippen molar-refractivity contribution in [3.05, 3.63) is 71.8 Å². The van der Waals surface area contributed by atoms with Crippen molar-refractivity contribution in [2.45, 2.75) is 26.3 Å². The van der Waals surface area contributed by atoms with Crippen LogP contribution in [-0.2, 0) is 6.42 Å². The van der Waals surface area contributed by atoms with Crippen LogP contribution >= 0.6 is 12.2 Å². The average Bonchev–Trinajstić information content (AvgIpc) is 2.66. The Bertz CT molecular complexity index is 612. The maximum atomic E-state index is 5.47. The second-order valence-corrected chi connectivity index (χ2v) is 6.61. The van der Waals surface area contributed by atoms with Crippen LogP contribution in [0.5, 0.6) is 0 Å². The van der Waals surface area contributed by atoms with Crippen molar-refractivity contribution < 1.29 is 4.90 Å². The minimum Gasteiger partial charge on any atom is -0.362 e. The normalized spacial score (nSPS) is 12.0. The highest BCUT2D eigenvalue weighted by atomic mass is 32.1. The molecule has 0 aliphatic carbocycles. The van der Waals surface area contributed by atoms with Gasteiger partial charge in [0.15, 0.2) is 5.11 Å². The Morgan fingerprint density at radius 1 is 0.920 bits per heavy atom. The van der Waals surface area contributed by atoms with E-state index in [0.717, 1.165) is 37.7 Å². The summed E-state index contributed by atoms with van der Waals surface area (Å²) in [5.41, 5.74) is 2.69. The minimum atomic E-state index is 0.407. The van der Waals surface area contributed by atoms with E-state index < -0.39 is 0 Å². The van der Waals surface area contributed by atoms with E-state index in [0.29, 0.717) is 6.04 Å². The van der Waals surface area contributed by atoms with Gasteiger partial charge >= 0.3 is 0 Å². The predicted molar refractivity (Wildman–Crippen MR) is 110 cm³/mol. The van der Waals surface area contributed by atoms with Crippen molar-refractivity contribution in [2.24, 2.45) is 0 Å². The fraction of sp³-hybridized carbons (Fsp3) is 0.381. The fourth-order valence-electron chi connectivity index (χ4n) is 3.15. The van der Waals surface area contributed by atoms with E-state index in [1.807, 2.05) is 6.07 Å². The van der Waals surface area contributed by atoms with Gasteiger partial charge < -0.3 is 15.5 Å². The lowest BCUT2D eigenvalue weighted by Gasteiger charge is -2.27. The van der Waals surface area contributed by atoms with Crippen LogP contribution in [0, 0.1) is 0 Å². The Kier molecular flexibility index (Phi) is 8.43. The smallest absolute Gasteiger partial charge is 0.166 e. The summed E-state index contributed by atoms with van der Waals surface area (Å²) in [7, 11) is 0. The van der Waals surface area contributed by atoms with Crippen LogP contribution < -0.4 is 15.5 Å². The zero-order valence-corrected chi connectivity index (χ0v) is 16.1. The number of likely N-dealkylation sites (N-methyl/N-ethyl adjacent to an activating group) is 1. The summed E-state index contributed by atoms with van der Waals surface area (Å²) < 4.78 is 0. The van der Waals surface area contributed by atoms with Gasteiger partial charge in [-0.15, -0.1) is 0 Å². The summed E-state index contributed by atoms with van der Waals surface area (Å²) >= 11 is 5.47. The summed E-state index contributed by atoms with van der Waals surface area (Å²) in [6, 6.07) is 21.6. The molecule has 0 saturated carbocycles. The largest absolute Gasteiger partial charge is 0.362 e. The predicted octanol–water partition coefficient (Wildman–Crippen LogP) is 2.36. The van der Waals surface area contributed by atoms with Gasteiger partial charge in [0.05, 0.1) is 19.6 Å². The molecule has 0 saturated heterocycles. The van der Waals surface area contributed by atoms with Crippen molar-refractivity contribution in [3.8, 4) is 0 Å². The van der Waals surface area contributed by atoms with Gasteiger partial charge in [-0.25, -0.2) is 0 Å². The van der Waals surface area contributed by atoms with Crippen molar-refractivity contribution in [1.82, 2.24) is 10.6 Å². The Labute approximate surface area is 157 Å². The van der Waals surface area contributed by atoms with Crippen molar-refractivity contribution in [2.75, 3.05) is 26.2 Å². The molecule has 4 heteroatoms. The van der Waals surface area contributed by atoms with Gasteiger partial charge in [0, 0.05) is 12.1 Å². The van der Waals surface area contributed by atoms with Crippen molar-refractivity contribution >= 4 is 17.3 Å². The quantitative estimate of drug-likeness (QED) is 0.603. The van der Waals surface area contributed by atoms with E-state index in [-0.39, 0.29) is 0 Å². The van der Waals surface area contributed by atoms with Gasteiger partial charge in [-0.3, -0.25) is 0 Å². The van der Waals surface area contributed by atoms with Crippen LogP contribution in [0.3, 0.4) is 0 Å². The molecule has 0 aliphatic heterocycles. The van der Waals surface area contributed by atoms with Gasteiger partial charge in [0.1, 0.15) is 6.04 Å². The molecule has 0 amide bonds. The molecular formula is C21H30N3S+. The van der Waals surface area contributed by atoms with Gasteiger partial charge in [-0.1, -0.05) is 60.7 Å². The van der Waals surface area contributed by atoms with E-state index in [9.17, 15) is 0 Å². The number of nitrogens with one attached hydrogen (secondary N) is 3. The fourth-order valence-corrected chi connectivity index (χ4v) is 3.33. The number of benzene rings is 2. The molecule has 134 valence electrons. The number of hydrogen-bond acceptors (Lipinski definition) is 1. The minimum absolute atomic E-state index is 0.407. The van der Waals surface area contributed by atoms with E-state index in [2.05, 4.69) is 79.1 Å². The van der Waals surface area contributed by atoms with Gasteiger partial charge in [0.2, 0.25) is 0 Å². The lowest BCUT2D eigenvalue weighted by molar-refractivity contribution is -0.927. The topological polar surface area (TPSA) is 28.5 Å². The molecule has 0 aliphatic rings. The summed E-state index contributed by atoms with van der Waals surface area (Å²) in [6.45, 7) is 8.39. The third-order valence-electron chi connectivity index (χ3n) is 4.61. The molecule has 3 nitrogen and oxygen atoms in total. The molecule has 2 aromatic rings. The van der Waals surface area contributed by atoms with Crippen LogP contribution in [-0.4, -0.2) is 31.3 Å². The van der Waals surface area contributed by atoms with Crippen LogP contribution in [0.2, 0.25) is 0 Å². The highest BCUT2D eigenvalue weighted by Gasteiger charge is 2.21. The van der Waals surface area contributed by atoms with Gasteiger partial charge in [-0.05, 0) is 38.0 Å². The monoisotopic (exact) mass is 356 g/mol. The molecule has 2 rings (SSSR count). The van der Waals surface area contributed by atoms with Crippen LogP contribution in [0.4, 0.5) is 0 Å². The van der Waals surface area contributed by atoms with Crippen molar-refractivity contribution in [1.29, 1.82) is 0 Å². The van der Waals surface area contributed by atoms with Gasteiger partial charge in [0.25, 0.3) is 0 Å². The lowest BCUT2D eigenvalue weighted by atomic mass is 10.1. The first kappa shape index (κ1) is 19.4. The second kappa shape index (κ2) is 10.9. The Morgan fingerprint density at radius 2 is 1.52 bits per heavy atom. The summed E-state index contributed by atoms with van der Waals surface area (Å²) in [4.78, 5) is 1.56. The van der Waals surface area contributed by atoms with Crippen LogP contribution in [0.15, 0.2) is 60.7 Å². The summed E-state index contributed by atoms with van der Waals surface area (Å²) in [5.74, 6) is 0. The number of hydrogen-bond donors (Lipinski definition) is 3. The lowest BCUT2D eigenvalue weighted by Crippen LogP contribution is -3.12. The maximum absolute atomic E-state index is 5.47. The molecule has 0 bridgehead atoms. The van der Waals surface area contributed by atoms with Crippen LogP contribution in [0.1, 0.15) is 31.0 Å². The molecule has 0 aromatic heterocycles. The average molecular weight is 357 g/mol. The molecule has 0 heterocycles. The third-order valence-corrected chi connectivity index (χ3v) is 4.90. The standard InChI is InChI=1S/C21H29N3S/c1-3-24(4-2)20(19-13-9-6-10-14-19)17-23-21(25)22-16-15-18-11-7-5-8-12-18/h5-14,20H,3-4,15-17H2,1-2H3,(H2,22,23,25)/p+1/t20-/m0/s1. The SMILES string of the molecule is CC[NH+](CC)[C@@H](CNC(=S)NCCc1ccccc1)c1ccccc1. The van der Waals surface area contributed by atoms with E-state index >= 15 is 0 Å². The van der Waals surface area contributed by atoms with E-state index in [1.165, 1.54) is 11.1 Å². The molecule has 3 N–H and O–H groups in total. The third kappa shape index (κ3) is 6.48. The first-order chi connectivity index (χ1) is 12.2. The summed E-state index contributed by atoms with van der Waals surface area (Å²) in [5, 5.41) is 7.48. The zero-order chi connectivity index (χ0) is 17.9. The number of rotatable bonds is 9. The molecule has 1 atom stereocenters. The molecule has 0 radical (unpaired) electrons. The molecule has 0 unspecified atom stereocenters.